The van der Waals surface area contributed by atoms with Gasteiger partial charge in [-0.25, -0.2) is 0 Å². The normalized spacial score (nSPS) is 18.6. The van der Waals surface area contributed by atoms with Crippen LogP contribution in [0.15, 0.2) is 24.3 Å². The molecule has 1 aliphatic rings. The molecule has 1 aliphatic heterocycles. The summed E-state index contributed by atoms with van der Waals surface area (Å²) >= 11 is 0. The van der Waals surface area contributed by atoms with Crippen molar-refractivity contribution in [2.75, 3.05) is 14.2 Å². The number of benzene rings is 1. The van der Waals surface area contributed by atoms with Gasteiger partial charge < -0.3 is 8.85 Å². The highest BCUT2D eigenvalue weighted by molar-refractivity contribution is 6.82. The number of hydrogen-bond acceptors (Lipinski definition) is 2. The average Bonchev–Trinajstić information content (AvgIpc) is 2.58. The maximum Gasteiger partial charge on any atom is 0.372 e. The Morgan fingerprint density at radius 2 is 1.85 bits per heavy atom. The molecular formula is C10H14O2Si. The Bertz CT molecular complexity index is 308. The van der Waals surface area contributed by atoms with E-state index in [2.05, 4.69) is 24.3 Å². The van der Waals surface area contributed by atoms with Crippen molar-refractivity contribution in [1.82, 2.24) is 0 Å². The summed E-state index contributed by atoms with van der Waals surface area (Å²) < 4.78 is 11.2. The molecule has 70 valence electrons. The van der Waals surface area contributed by atoms with Gasteiger partial charge in [-0.05, 0) is 23.2 Å². The SMILES string of the molecule is CO[Si]1(OC)CCc2ccccc21. The Morgan fingerprint density at radius 3 is 2.54 bits per heavy atom. The first-order valence-corrected chi connectivity index (χ1v) is 6.53. The molecule has 0 aromatic heterocycles. The van der Waals surface area contributed by atoms with Crippen molar-refractivity contribution >= 4 is 13.7 Å². The fraction of sp³-hybridized carbons (Fsp3) is 0.400. The highest BCUT2D eigenvalue weighted by Gasteiger charge is 2.43. The van der Waals surface area contributed by atoms with Crippen LogP contribution in [0.1, 0.15) is 5.56 Å². The third kappa shape index (κ3) is 1.24. The number of aryl methyl sites for hydroxylation is 1. The van der Waals surface area contributed by atoms with E-state index in [-0.39, 0.29) is 0 Å². The molecule has 0 radical (unpaired) electrons. The van der Waals surface area contributed by atoms with E-state index in [9.17, 15) is 0 Å². The van der Waals surface area contributed by atoms with Gasteiger partial charge in [0.25, 0.3) is 0 Å². The highest BCUT2D eigenvalue weighted by atomic mass is 28.4. The van der Waals surface area contributed by atoms with Gasteiger partial charge in [-0.1, -0.05) is 24.3 Å². The molecule has 13 heavy (non-hydrogen) atoms. The second-order valence-electron chi connectivity index (χ2n) is 3.32. The molecular weight excluding hydrogens is 180 g/mol. The van der Waals surface area contributed by atoms with Crippen LogP contribution in [0, 0.1) is 0 Å². The quantitative estimate of drug-likeness (QED) is 0.658. The fourth-order valence-electron chi connectivity index (χ4n) is 2.05. The summed E-state index contributed by atoms with van der Waals surface area (Å²) in [4.78, 5) is 0. The topological polar surface area (TPSA) is 18.5 Å². The summed E-state index contributed by atoms with van der Waals surface area (Å²) in [7, 11) is 1.52. The minimum atomic E-state index is -2.00. The Morgan fingerprint density at radius 1 is 1.15 bits per heavy atom. The van der Waals surface area contributed by atoms with Crippen LogP contribution in [0.5, 0.6) is 0 Å². The van der Waals surface area contributed by atoms with E-state index >= 15 is 0 Å². The molecule has 0 N–H and O–H groups in total. The van der Waals surface area contributed by atoms with Crippen LogP contribution in [-0.4, -0.2) is 22.8 Å². The van der Waals surface area contributed by atoms with E-state index in [4.69, 9.17) is 8.85 Å². The Balaban J connectivity index is 2.47. The minimum absolute atomic E-state index is 1.05. The molecule has 1 aromatic carbocycles. The lowest BCUT2D eigenvalue weighted by Gasteiger charge is -2.22. The van der Waals surface area contributed by atoms with Crippen molar-refractivity contribution in [2.45, 2.75) is 12.5 Å². The van der Waals surface area contributed by atoms with E-state index in [1.54, 1.807) is 14.2 Å². The van der Waals surface area contributed by atoms with Gasteiger partial charge in [0, 0.05) is 14.2 Å². The zero-order chi connectivity index (χ0) is 9.31. The Labute approximate surface area is 79.7 Å². The fourth-order valence-corrected chi connectivity index (χ4v) is 4.98. The van der Waals surface area contributed by atoms with Gasteiger partial charge in [-0.3, -0.25) is 0 Å². The van der Waals surface area contributed by atoms with Gasteiger partial charge >= 0.3 is 8.56 Å². The molecule has 0 saturated heterocycles. The number of fused-ring (bicyclic) bond motifs is 1. The lowest BCUT2D eigenvalue weighted by molar-refractivity contribution is 0.260. The lowest BCUT2D eigenvalue weighted by atomic mass is 10.2. The van der Waals surface area contributed by atoms with Crippen molar-refractivity contribution in [3.8, 4) is 0 Å². The first-order valence-electron chi connectivity index (χ1n) is 4.51. The second kappa shape index (κ2) is 3.25. The molecule has 0 bridgehead atoms. The number of rotatable bonds is 2. The molecule has 3 heteroatoms. The van der Waals surface area contributed by atoms with Crippen LogP contribution in [0.2, 0.25) is 6.04 Å². The van der Waals surface area contributed by atoms with Crippen molar-refractivity contribution in [3.63, 3.8) is 0 Å². The highest BCUT2D eigenvalue weighted by Crippen LogP contribution is 2.24. The van der Waals surface area contributed by atoms with E-state index in [1.807, 2.05) is 0 Å². The molecule has 0 amide bonds. The summed E-state index contributed by atoms with van der Waals surface area (Å²) in [5.41, 5.74) is 1.40. The molecule has 0 fully saturated rings. The third-order valence-electron chi connectivity index (χ3n) is 2.81. The van der Waals surface area contributed by atoms with Crippen molar-refractivity contribution < 1.29 is 8.85 Å². The van der Waals surface area contributed by atoms with Crippen LogP contribution < -0.4 is 5.19 Å². The Hall–Kier alpha value is -0.643. The predicted octanol–water partition coefficient (Wildman–Crippen LogP) is 1.18. The van der Waals surface area contributed by atoms with Crippen molar-refractivity contribution in [1.29, 1.82) is 0 Å². The predicted molar refractivity (Wildman–Crippen MR) is 54.4 cm³/mol. The van der Waals surface area contributed by atoms with Crippen LogP contribution in [0.25, 0.3) is 0 Å². The van der Waals surface area contributed by atoms with Crippen molar-refractivity contribution in [2.24, 2.45) is 0 Å². The molecule has 0 unspecified atom stereocenters. The van der Waals surface area contributed by atoms with E-state index in [1.165, 1.54) is 10.8 Å². The summed E-state index contributed by atoms with van der Waals surface area (Å²) in [6, 6.07) is 9.50. The number of hydrogen-bond donors (Lipinski definition) is 0. The molecule has 0 saturated carbocycles. The smallest absolute Gasteiger partial charge is 0.372 e. The molecule has 1 heterocycles. The minimum Gasteiger partial charge on any atom is -0.394 e. The van der Waals surface area contributed by atoms with Crippen molar-refractivity contribution in [3.05, 3.63) is 29.8 Å². The Kier molecular flexibility index (Phi) is 2.23. The van der Waals surface area contributed by atoms with Crippen LogP contribution in [0.3, 0.4) is 0 Å². The first-order chi connectivity index (χ1) is 6.32. The summed E-state index contributed by atoms with van der Waals surface area (Å²) in [6.07, 6.45) is 1.10. The summed E-state index contributed by atoms with van der Waals surface area (Å²) in [6.45, 7) is 0. The van der Waals surface area contributed by atoms with Crippen LogP contribution in [0.4, 0.5) is 0 Å². The molecule has 0 spiro atoms. The van der Waals surface area contributed by atoms with Gasteiger partial charge in [-0.15, -0.1) is 0 Å². The molecule has 2 nitrogen and oxygen atoms in total. The summed E-state index contributed by atoms with van der Waals surface area (Å²) in [5.74, 6) is 0. The second-order valence-corrected chi connectivity index (χ2v) is 6.68. The third-order valence-corrected chi connectivity index (χ3v) is 6.35. The molecule has 0 aliphatic carbocycles. The maximum absolute atomic E-state index is 5.59. The van der Waals surface area contributed by atoms with Gasteiger partial charge in [0.05, 0.1) is 0 Å². The zero-order valence-electron chi connectivity index (χ0n) is 8.04. The molecule has 1 aromatic rings. The standard InChI is InChI=1S/C10H14O2Si/c1-11-13(12-2)8-7-9-5-3-4-6-10(9)13/h3-6H,7-8H2,1-2H3. The van der Waals surface area contributed by atoms with Gasteiger partial charge in [0.15, 0.2) is 0 Å². The van der Waals surface area contributed by atoms with Gasteiger partial charge in [0.1, 0.15) is 0 Å². The molecule has 0 atom stereocenters. The lowest BCUT2D eigenvalue weighted by Crippen LogP contribution is -2.49. The van der Waals surface area contributed by atoms with Crippen LogP contribution in [-0.2, 0) is 15.3 Å². The monoisotopic (exact) mass is 194 g/mol. The van der Waals surface area contributed by atoms with E-state index < -0.39 is 8.56 Å². The maximum atomic E-state index is 5.59. The molecule has 2 rings (SSSR count). The zero-order valence-corrected chi connectivity index (χ0v) is 9.04. The van der Waals surface area contributed by atoms with Gasteiger partial charge in [-0.2, -0.15) is 0 Å². The largest absolute Gasteiger partial charge is 0.394 e. The van der Waals surface area contributed by atoms with Gasteiger partial charge in [0.2, 0.25) is 0 Å². The van der Waals surface area contributed by atoms with E-state index in [0.29, 0.717) is 0 Å². The van der Waals surface area contributed by atoms with E-state index in [0.717, 1.165) is 12.5 Å². The average molecular weight is 194 g/mol. The first kappa shape index (κ1) is 8.93. The summed E-state index contributed by atoms with van der Waals surface area (Å²) in [5, 5.41) is 1.32. The van der Waals surface area contributed by atoms with Crippen LogP contribution >= 0.6 is 0 Å².